The molecule has 0 aromatic carbocycles. The van der Waals surface area contributed by atoms with E-state index in [9.17, 15) is 4.79 Å². The maximum atomic E-state index is 12.9. The van der Waals surface area contributed by atoms with Gasteiger partial charge in [-0.15, -0.1) is 11.3 Å². The third-order valence-electron chi connectivity index (χ3n) is 5.52. The summed E-state index contributed by atoms with van der Waals surface area (Å²) in [4.78, 5) is 18.7. The van der Waals surface area contributed by atoms with Crippen LogP contribution in [0.3, 0.4) is 0 Å². The topological polar surface area (TPSA) is 52.2 Å². The molecule has 0 bridgehead atoms. The lowest BCUT2D eigenvalue weighted by atomic mass is 9.93. The molecule has 2 aromatic heterocycles. The van der Waals surface area contributed by atoms with E-state index >= 15 is 0 Å². The second-order valence-electron chi connectivity index (χ2n) is 6.88. The number of piperidine rings is 1. The van der Waals surface area contributed by atoms with Gasteiger partial charge >= 0.3 is 0 Å². The standard InChI is InChI=1S/C18H24N4OS/c1-13(18(23)22-10-5-17-15(12-22)6-11-24-17)21-8-3-14(4-9-21)16-2-7-19-20-16/h2,6-7,11,13-14H,3-5,8-10,12H2,1H3,(H,19,20). The summed E-state index contributed by atoms with van der Waals surface area (Å²) in [7, 11) is 0. The Balaban J connectivity index is 1.34. The van der Waals surface area contributed by atoms with Crippen molar-refractivity contribution in [3.8, 4) is 0 Å². The molecule has 5 nitrogen and oxygen atoms in total. The lowest BCUT2D eigenvalue weighted by molar-refractivity contribution is -0.137. The van der Waals surface area contributed by atoms with E-state index in [1.807, 2.05) is 22.4 Å². The molecular formula is C18H24N4OS. The van der Waals surface area contributed by atoms with E-state index in [1.54, 1.807) is 0 Å². The summed E-state index contributed by atoms with van der Waals surface area (Å²) in [5, 5.41) is 9.29. The molecule has 2 aliphatic heterocycles. The Kier molecular flexibility index (Phi) is 4.41. The highest BCUT2D eigenvalue weighted by Gasteiger charge is 2.31. The van der Waals surface area contributed by atoms with Gasteiger partial charge in [-0.3, -0.25) is 14.8 Å². The predicted octanol–water partition coefficient (Wildman–Crippen LogP) is 2.62. The van der Waals surface area contributed by atoms with Crippen LogP contribution in [0.1, 0.15) is 41.8 Å². The van der Waals surface area contributed by atoms with E-state index in [-0.39, 0.29) is 11.9 Å². The summed E-state index contributed by atoms with van der Waals surface area (Å²) in [5.74, 6) is 0.834. The molecule has 1 atom stereocenters. The molecular weight excluding hydrogens is 320 g/mol. The van der Waals surface area contributed by atoms with Crippen LogP contribution < -0.4 is 0 Å². The quantitative estimate of drug-likeness (QED) is 0.931. The minimum Gasteiger partial charge on any atom is -0.337 e. The summed E-state index contributed by atoms with van der Waals surface area (Å²) in [5.41, 5.74) is 2.57. The fourth-order valence-electron chi connectivity index (χ4n) is 3.95. The molecule has 4 rings (SSSR count). The molecule has 1 fully saturated rings. The summed E-state index contributed by atoms with van der Waals surface area (Å²) in [6.45, 7) is 5.68. The number of thiophene rings is 1. The van der Waals surface area contributed by atoms with Crippen molar-refractivity contribution < 1.29 is 4.79 Å². The smallest absolute Gasteiger partial charge is 0.239 e. The molecule has 1 N–H and O–H groups in total. The predicted molar refractivity (Wildman–Crippen MR) is 95.0 cm³/mol. The number of carbonyl (C=O) groups is 1. The average molecular weight is 344 g/mol. The first kappa shape index (κ1) is 15.8. The first-order valence-corrected chi connectivity index (χ1v) is 9.67. The van der Waals surface area contributed by atoms with Crippen LogP contribution in [0.5, 0.6) is 0 Å². The second kappa shape index (κ2) is 6.69. The molecule has 6 heteroatoms. The molecule has 24 heavy (non-hydrogen) atoms. The van der Waals surface area contributed by atoms with Crippen LogP contribution in [0.2, 0.25) is 0 Å². The van der Waals surface area contributed by atoms with Crippen LogP contribution in [-0.4, -0.2) is 51.6 Å². The van der Waals surface area contributed by atoms with Crippen LogP contribution in [-0.2, 0) is 17.8 Å². The minimum atomic E-state index is -0.0205. The molecule has 2 aliphatic rings. The summed E-state index contributed by atoms with van der Waals surface area (Å²) in [6.07, 6.45) is 5.01. The van der Waals surface area contributed by atoms with Crippen LogP contribution in [0.4, 0.5) is 0 Å². The van der Waals surface area contributed by atoms with Gasteiger partial charge < -0.3 is 4.90 Å². The largest absolute Gasteiger partial charge is 0.337 e. The zero-order valence-corrected chi connectivity index (χ0v) is 14.9. The van der Waals surface area contributed by atoms with Crippen LogP contribution in [0.15, 0.2) is 23.7 Å². The van der Waals surface area contributed by atoms with Gasteiger partial charge in [-0.25, -0.2) is 0 Å². The van der Waals surface area contributed by atoms with Crippen molar-refractivity contribution in [2.24, 2.45) is 0 Å². The normalized spacial score (nSPS) is 20.8. The Hall–Kier alpha value is -1.66. The van der Waals surface area contributed by atoms with Gasteiger partial charge in [0.1, 0.15) is 0 Å². The first-order chi connectivity index (χ1) is 11.7. The second-order valence-corrected chi connectivity index (χ2v) is 7.88. The third kappa shape index (κ3) is 3.00. The maximum absolute atomic E-state index is 12.9. The zero-order valence-electron chi connectivity index (χ0n) is 14.1. The maximum Gasteiger partial charge on any atom is 0.239 e. The molecule has 128 valence electrons. The van der Waals surface area contributed by atoms with Crippen molar-refractivity contribution in [1.29, 1.82) is 0 Å². The van der Waals surface area contributed by atoms with Crippen LogP contribution in [0, 0.1) is 0 Å². The summed E-state index contributed by atoms with van der Waals surface area (Å²) < 4.78 is 0. The Morgan fingerprint density at radius 3 is 2.92 bits per heavy atom. The number of fused-ring (bicyclic) bond motifs is 1. The van der Waals surface area contributed by atoms with Gasteiger partial charge in [0.05, 0.1) is 6.04 Å². The Morgan fingerprint density at radius 2 is 2.17 bits per heavy atom. The van der Waals surface area contributed by atoms with Gasteiger partial charge in [0.25, 0.3) is 0 Å². The van der Waals surface area contributed by atoms with Crippen molar-refractivity contribution in [2.75, 3.05) is 19.6 Å². The molecule has 1 amide bonds. The molecule has 2 aromatic rings. The van der Waals surface area contributed by atoms with Gasteiger partial charge in [-0.2, -0.15) is 5.10 Å². The monoisotopic (exact) mass is 344 g/mol. The van der Waals surface area contributed by atoms with E-state index in [2.05, 4.69) is 39.5 Å². The molecule has 4 heterocycles. The summed E-state index contributed by atoms with van der Waals surface area (Å²) in [6, 6.07) is 4.22. The van der Waals surface area contributed by atoms with Crippen molar-refractivity contribution in [3.63, 3.8) is 0 Å². The average Bonchev–Trinajstić information content (AvgIpc) is 3.31. The number of nitrogens with zero attached hydrogens (tertiary/aromatic N) is 3. The Morgan fingerprint density at radius 1 is 1.33 bits per heavy atom. The summed E-state index contributed by atoms with van der Waals surface area (Å²) >= 11 is 1.82. The van der Waals surface area contributed by atoms with Crippen molar-refractivity contribution in [2.45, 2.75) is 44.7 Å². The molecule has 0 saturated carbocycles. The van der Waals surface area contributed by atoms with Crippen LogP contribution in [0.25, 0.3) is 0 Å². The SMILES string of the molecule is CC(C(=O)N1CCc2sccc2C1)N1CCC(c2ccn[nH]2)CC1. The van der Waals surface area contributed by atoms with Crippen molar-refractivity contribution in [1.82, 2.24) is 20.0 Å². The third-order valence-corrected chi connectivity index (χ3v) is 6.54. The lowest BCUT2D eigenvalue weighted by Gasteiger charge is -2.38. The Bertz CT molecular complexity index is 688. The van der Waals surface area contributed by atoms with E-state index < -0.39 is 0 Å². The van der Waals surface area contributed by atoms with Gasteiger partial charge in [0.2, 0.25) is 5.91 Å². The number of carbonyl (C=O) groups excluding carboxylic acids is 1. The molecule has 0 aliphatic carbocycles. The highest BCUT2D eigenvalue weighted by atomic mass is 32.1. The number of likely N-dealkylation sites (tertiary alicyclic amines) is 1. The van der Waals surface area contributed by atoms with E-state index in [1.165, 1.54) is 16.1 Å². The number of amides is 1. The van der Waals surface area contributed by atoms with Gasteiger partial charge in [0, 0.05) is 35.8 Å². The van der Waals surface area contributed by atoms with Gasteiger partial charge in [-0.1, -0.05) is 0 Å². The zero-order chi connectivity index (χ0) is 16.5. The number of H-pyrrole nitrogens is 1. The first-order valence-electron chi connectivity index (χ1n) is 8.79. The molecule has 0 radical (unpaired) electrons. The number of hydrogen-bond acceptors (Lipinski definition) is 4. The highest BCUT2D eigenvalue weighted by Crippen LogP contribution is 2.29. The van der Waals surface area contributed by atoms with Gasteiger partial charge in [0.15, 0.2) is 0 Å². The van der Waals surface area contributed by atoms with E-state index in [0.29, 0.717) is 5.92 Å². The number of rotatable bonds is 3. The van der Waals surface area contributed by atoms with Crippen molar-refractivity contribution in [3.05, 3.63) is 39.8 Å². The molecule has 1 unspecified atom stereocenters. The molecule has 0 spiro atoms. The fourth-order valence-corrected chi connectivity index (χ4v) is 4.84. The van der Waals surface area contributed by atoms with Crippen LogP contribution >= 0.6 is 11.3 Å². The number of aromatic nitrogens is 2. The fraction of sp³-hybridized carbons (Fsp3) is 0.556. The number of hydrogen-bond donors (Lipinski definition) is 1. The van der Waals surface area contributed by atoms with E-state index in [4.69, 9.17) is 0 Å². The van der Waals surface area contributed by atoms with E-state index in [0.717, 1.165) is 45.4 Å². The van der Waals surface area contributed by atoms with Gasteiger partial charge in [-0.05, 0) is 62.4 Å². The molecule has 1 saturated heterocycles. The lowest BCUT2D eigenvalue weighted by Crippen LogP contribution is -2.50. The Labute approximate surface area is 146 Å². The highest BCUT2D eigenvalue weighted by molar-refractivity contribution is 7.10. The van der Waals surface area contributed by atoms with Crippen molar-refractivity contribution >= 4 is 17.2 Å². The number of nitrogens with one attached hydrogen (secondary N) is 1. The number of aromatic amines is 1. The minimum absolute atomic E-state index is 0.0205.